The fourth-order valence-electron chi connectivity index (χ4n) is 1.66. The highest BCUT2D eigenvalue weighted by Gasteiger charge is 2.07. The highest BCUT2D eigenvalue weighted by molar-refractivity contribution is 6.32. The molecule has 0 aliphatic heterocycles. The van der Waals surface area contributed by atoms with Gasteiger partial charge in [0.15, 0.2) is 11.6 Å². The minimum Gasteiger partial charge on any atom is -0.495 e. The van der Waals surface area contributed by atoms with Crippen LogP contribution in [-0.4, -0.2) is 7.11 Å². The maximum absolute atomic E-state index is 13.4. The molecular formula is C14H12ClF2NO. The molecule has 0 amide bonds. The molecule has 100 valence electrons. The Morgan fingerprint density at radius 1 is 1.21 bits per heavy atom. The molecule has 0 saturated heterocycles. The Balaban J connectivity index is 2.10. The number of ether oxygens (including phenoxy) is 1. The molecule has 0 aliphatic rings. The first-order chi connectivity index (χ1) is 9.11. The predicted molar refractivity (Wildman–Crippen MR) is 71.7 cm³/mol. The van der Waals surface area contributed by atoms with Crippen molar-refractivity contribution >= 4 is 17.3 Å². The number of nitrogens with one attached hydrogen (secondary N) is 1. The van der Waals surface area contributed by atoms with Gasteiger partial charge >= 0.3 is 0 Å². The van der Waals surface area contributed by atoms with Crippen molar-refractivity contribution in [2.24, 2.45) is 0 Å². The van der Waals surface area contributed by atoms with Gasteiger partial charge in [-0.1, -0.05) is 23.7 Å². The summed E-state index contributed by atoms with van der Waals surface area (Å²) in [5, 5.41) is 3.29. The van der Waals surface area contributed by atoms with E-state index >= 15 is 0 Å². The van der Waals surface area contributed by atoms with Crippen LogP contribution in [0.2, 0.25) is 5.02 Å². The van der Waals surface area contributed by atoms with E-state index in [1.54, 1.807) is 18.2 Å². The second kappa shape index (κ2) is 5.89. The lowest BCUT2D eigenvalue weighted by Crippen LogP contribution is -2.02. The number of anilines is 1. The fourth-order valence-corrected chi connectivity index (χ4v) is 1.94. The van der Waals surface area contributed by atoms with Crippen molar-refractivity contribution in [1.29, 1.82) is 0 Å². The summed E-state index contributed by atoms with van der Waals surface area (Å²) in [5.74, 6) is -1.19. The molecule has 1 N–H and O–H groups in total. The predicted octanol–water partition coefficient (Wildman–Crippen LogP) is 4.24. The fraction of sp³-hybridized carbons (Fsp3) is 0.143. The molecule has 0 bridgehead atoms. The molecule has 0 saturated carbocycles. The van der Waals surface area contributed by atoms with Gasteiger partial charge in [0.2, 0.25) is 0 Å². The molecular weight excluding hydrogens is 272 g/mol. The number of hydrogen-bond acceptors (Lipinski definition) is 2. The first-order valence-corrected chi connectivity index (χ1v) is 6.00. The number of rotatable bonds is 4. The first-order valence-electron chi connectivity index (χ1n) is 5.62. The Hall–Kier alpha value is -1.81. The molecule has 0 aromatic heterocycles. The number of halogens is 3. The maximum Gasteiger partial charge on any atom is 0.181 e. The molecule has 5 heteroatoms. The molecule has 0 aliphatic carbocycles. The molecule has 2 nitrogen and oxygen atoms in total. The van der Waals surface area contributed by atoms with Gasteiger partial charge < -0.3 is 10.1 Å². The second-order valence-corrected chi connectivity index (χ2v) is 4.33. The van der Waals surface area contributed by atoms with Gasteiger partial charge in [-0.3, -0.25) is 0 Å². The van der Waals surface area contributed by atoms with Crippen molar-refractivity contribution in [2.45, 2.75) is 6.54 Å². The smallest absolute Gasteiger partial charge is 0.181 e. The standard InChI is InChI=1S/C14H12ClF2NO/c1-19-13-6-5-9(7-10(13)15)8-18-12-4-2-3-11(16)14(12)17/h2-7,18H,8H2,1H3. The summed E-state index contributed by atoms with van der Waals surface area (Å²) < 4.78 is 31.5. The number of benzene rings is 2. The van der Waals surface area contributed by atoms with Gasteiger partial charge in [0.1, 0.15) is 5.75 Å². The van der Waals surface area contributed by atoms with E-state index in [0.717, 1.165) is 11.6 Å². The molecule has 2 aromatic carbocycles. The van der Waals surface area contributed by atoms with Gasteiger partial charge in [0, 0.05) is 6.54 Å². The lowest BCUT2D eigenvalue weighted by Gasteiger charge is -2.09. The third-order valence-corrected chi connectivity index (χ3v) is 2.95. The molecule has 0 atom stereocenters. The largest absolute Gasteiger partial charge is 0.495 e. The summed E-state index contributed by atoms with van der Waals surface area (Å²) in [6.45, 7) is 0.337. The van der Waals surface area contributed by atoms with Crippen molar-refractivity contribution < 1.29 is 13.5 Å². The highest BCUT2D eigenvalue weighted by atomic mass is 35.5. The lowest BCUT2D eigenvalue weighted by molar-refractivity contribution is 0.415. The van der Waals surface area contributed by atoms with Crippen molar-refractivity contribution in [3.8, 4) is 5.75 Å². The summed E-state index contributed by atoms with van der Waals surface area (Å²) >= 11 is 5.98. The Morgan fingerprint density at radius 2 is 2.00 bits per heavy atom. The van der Waals surface area contributed by atoms with Crippen molar-refractivity contribution in [3.63, 3.8) is 0 Å². The molecule has 0 heterocycles. The van der Waals surface area contributed by atoms with E-state index in [-0.39, 0.29) is 5.69 Å². The van der Waals surface area contributed by atoms with E-state index in [9.17, 15) is 8.78 Å². The average Bonchev–Trinajstić information content (AvgIpc) is 2.40. The zero-order valence-electron chi connectivity index (χ0n) is 10.2. The highest BCUT2D eigenvalue weighted by Crippen LogP contribution is 2.25. The third kappa shape index (κ3) is 3.15. The zero-order chi connectivity index (χ0) is 13.8. The Morgan fingerprint density at radius 3 is 2.68 bits per heavy atom. The van der Waals surface area contributed by atoms with Crippen LogP contribution in [-0.2, 0) is 6.54 Å². The summed E-state index contributed by atoms with van der Waals surface area (Å²) in [7, 11) is 1.53. The third-order valence-electron chi connectivity index (χ3n) is 2.65. The van der Waals surface area contributed by atoms with Gasteiger partial charge in [-0.2, -0.15) is 0 Å². The van der Waals surface area contributed by atoms with Crippen LogP contribution >= 0.6 is 11.6 Å². The lowest BCUT2D eigenvalue weighted by atomic mass is 10.2. The van der Waals surface area contributed by atoms with E-state index < -0.39 is 11.6 Å². The molecule has 0 unspecified atom stereocenters. The van der Waals surface area contributed by atoms with Gasteiger partial charge in [-0.05, 0) is 29.8 Å². The van der Waals surface area contributed by atoms with E-state index in [4.69, 9.17) is 16.3 Å². The van der Waals surface area contributed by atoms with Crippen molar-refractivity contribution in [2.75, 3.05) is 12.4 Å². The molecule has 0 spiro atoms. The van der Waals surface area contributed by atoms with E-state index in [0.29, 0.717) is 17.3 Å². The topological polar surface area (TPSA) is 21.3 Å². The second-order valence-electron chi connectivity index (χ2n) is 3.92. The summed E-state index contributed by atoms with van der Waals surface area (Å²) in [6, 6.07) is 9.23. The van der Waals surface area contributed by atoms with Crippen LogP contribution in [0.5, 0.6) is 5.75 Å². The van der Waals surface area contributed by atoms with Gasteiger partial charge in [0.25, 0.3) is 0 Å². The molecule has 19 heavy (non-hydrogen) atoms. The maximum atomic E-state index is 13.4. The minimum atomic E-state index is -0.887. The van der Waals surface area contributed by atoms with E-state index in [2.05, 4.69) is 5.32 Å². The number of methoxy groups -OCH3 is 1. The zero-order valence-corrected chi connectivity index (χ0v) is 11.0. The summed E-state index contributed by atoms with van der Waals surface area (Å²) in [5.41, 5.74) is 0.960. The van der Waals surface area contributed by atoms with Crippen LogP contribution in [0.3, 0.4) is 0 Å². The van der Waals surface area contributed by atoms with Gasteiger partial charge in [-0.15, -0.1) is 0 Å². The van der Waals surface area contributed by atoms with Crippen LogP contribution in [0.1, 0.15) is 5.56 Å². The van der Waals surface area contributed by atoms with Crippen molar-refractivity contribution in [3.05, 3.63) is 58.6 Å². The Kier molecular flexibility index (Phi) is 4.22. The SMILES string of the molecule is COc1ccc(CNc2cccc(F)c2F)cc1Cl. The molecule has 2 aromatic rings. The van der Waals surface area contributed by atoms with Crippen molar-refractivity contribution in [1.82, 2.24) is 0 Å². The first kappa shape index (κ1) is 13.6. The molecule has 0 radical (unpaired) electrons. The Bertz CT molecular complexity index is 590. The molecule has 2 rings (SSSR count). The van der Waals surface area contributed by atoms with Crippen LogP contribution < -0.4 is 10.1 Å². The normalized spacial score (nSPS) is 10.3. The van der Waals surface area contributed by atoms with Gasteiger partial charge in [0.05, 0.1) is 17.8 Å². The summed E-state index contributed by atoms with van der Waals surface area (Å²) in [6.07, 6.45) is 0. The quantitative estimate of drug-likeness (QED) is 0.906. The minimum absolute atomic E-state index is 0.118. The Labute approximate surface area is 115 Å². The number of hydrogen-bond donors (Lipinski definition) is 1. The van der Waals surface area contributed by atoms with E-state index in [1.807, 2.05) is 0 Å². The van der Waals surface area contributed by atoms with Gasteiger partial charge in [-0.25, -0.2) is 8.78 Å². The summed E-state index contributed by atoms with van der Waals surface area (Å²) in [4.78, 5) is 0. The molecule has 0 fully saturated rings. The van der Waals surface area contributed by atoms with Crippen LogP contribution in [0.15, 0.2) is 36.4 Å². The van der Waals surface area contributed by atoms with Crippen LogP contribution in [0, 0.1) is 11.6 Å². The van der Waals surface area contributed by atoms with E-state index in [1.165, 1.54) is 19.2 Å². The van der Waals surface area contributed by atoms with Crippen LogP contribution in [0.25, 0.3) is 0 Å². The average molecular weight is 284 g/mol. The monoisotopic (exact) mass is 283 g/mol. The van der Waals surface area contributed by atoms with Crippen LogP contribution in [0.4, 0.5) is 14.5 Å².